The fraction of sp³-hybridized carbons (Fsp3) is 0.600. The van der Waals surface area contributed by atoms with Crippen LogP contribution in [0.5, 0.6) is 5.75 Å². The number of hydrogen-bond donors (Lipinski definition) is 1. The molecule has 1 N–H and O–H groups in total. The van der Waals surface area contributed by atoms with Crippen molar-refractivity contribution in [1.82, 2.24) is 4.90 Å². The SMILES string of the molecule is O=C(O)CC1CCCN1C(=O)CCc1cccc(OC2CCCC2)c1. The standard InChI is InChI=1S/C20H27NO4/c22-19(21-12-4-6-16(21)14-20(23)24)11-10-15-5-3-9-18(13-15)25-17-7-1-2-8-17/h3,5,9,13,16-17H,1-2,4,6-8,10-12,14H2,(H,23,24). The molecule has 1 atom stereocenters. The van der Waals surface area contributed by atoms with Gasteiger partial charge in [0.15, 0.2) is 0 Å². The number of carbonyl (C=O) groups excluding carboxylic acids is 1. The minimum Gasteiger partial charge on any atom is -0.490 e. The van der Waals surface area contributed by atoms with Gasteiger partial charge in [0, 0.05) is 19.0 Å². The smallest absolute Gasteiger partial charge is 0.305 e. The summed E-state index contributed by atoms with van der Waals surface area (Å²) in [6.45, 7) is 0.682. The molecule has 1 unspecified atom stereocenters. The lowest BCUT2D eigenvalue weighted by molar-refractivity contribution is -0.139. The predicted octanol–water partition coefficient (Wildman–Crippen LogP) is 3.41. The van der Waals surface area contributed by atoms with E-state index in [-0.39, 0.29) is 18.4 Å². The van der Waals surface area contributed by atoms with Crippen LogP contribution < -0.4 is 4.74 Å². The molecular weight excluding hydrogens is 318 g/mol. The highest BCUT2D eigenvalue weighted by Crippen LogP contribution is 2.25. The first-order valence-corrected chi connectivity index (χ1v) is 9.38. The fourth-order valence-corrected chi connectivity index (χ4v) is 3.95. The van der Waals surface area contributed by atoms with E-state index < -0.39 is 5.97 Å². The van der Waals surface area contributed by atoms with Gasteiger partial charge in [-0.3, -0.25) is 9.59 Å². The molecule has 1 saturated carbocycles. The quantitative estimate of drug-likeness (QED) is 0.822. The first-order valence-electron chi connectivity index (χ1n) is 9.38. The van der Waals surface area contributed by atoms with Crippen molar-refractivity contribution >= 4 is 11.9 Å². The highest BCUT2D eigenvalue weighted by Gasteiger charge is 2.29. The van der Waals surface area contributed by atoms with E-state index in [1.165, 1.54) is 12.8 Å². The normalized spacial score (nSPS) is 20.8. The van der Waals surface area contributed by atoms with Gasteiger partial charge in [-0.15, -0.1) is 0 Å². The maximum atomic E-state index is 12.5. The second-order valence-electron chi connectivity index (χ2n) is 7.15. The lowest BCUT2D eigenvalue weighted by Crippen LogP contribution is -2.36. The average molecular weight is 345 g/mol. The summed E-state index contributed by atoms with van der Waals surface area (Å²) < 4.78 is 6.02. The Kier molecular flexibility index (Phi) is 5.95. The molecule has 1 heterocycles. The number of ether oxygens (including phenoxy) is 1. The molecule has 1 amide bonds. The van der Waals surface area contributed by atoms with E-state index in [1.807, 2.05) is 24.3 Å². The molecule has 1 aromatic carbocycles. The Labute approximate surface area is 149 Å². The number of likely N-dealkylation sites (tertiary alicyclic amines) is 1. The number of nitrogens with zero attached hydrogens (tertiary/aromatic N) is 1. The zero-order valence-electron chi connectivity index (χ0n) is 14.7. The summed E-state index contributed by atoms with van der Waals surface area (Å²) >= 11 is 0. The van der Waals surface area contributed by atoms with Crippen LogP contribution in [-0.4, -0.2) is 40.6 Å². The molecular formula is C20H27NO4. The molecule has 136 valence electrons. The third-order valence-corrected chi connectivity index (χ3v) is 5.24. The first-order chi connectivity index (χ1) is 12.1. The maximum Gasteiger partial charge on any atom is 0.305 e. The molecule has 2 aliphatic rings. The summed E-state index contributed by atoms with van der Waals surface area (Å²) in [6, 6.07) is 7.87. The third kappa shape index (κ3) is 4.97. The van der Waals surface area contributed by atoms with Crippen LogP contribution in [0.3, 0.4) is 0 Å². The Morgan fingerprint density at radius 1 is 1.16 bits per heavy atom. The molecule has 1 aromatic rings. The van der Waals surface area contributed by atoms with Gasteiger partial charge in [-0.05, 0) is 62.6 Å². The van der Waals surface area contributed by atoms with E-state index in [0.29, 0.717) is 25.5 Å². The Balaban J connectivity index is 1.52. The largest absolute Gasteiger partial charge is 0.490 e. The number of rotatable bonds is 7. The number of carboxylic acids is 1. The maximum absolute atomic E-state index is 12.5. The van der Waals surface area contributed by atoms with Gasteiger partial charge in [-0.1, -0.05) is 12.1 Å². The minimum atomic E-state index is -0.832. The van der Waals surface area contributed by atoms with Gasteiger partial charge in [0.05, 0.1) is 12.5 Å². The van der Waals surface area contributed by atoms with Crippen LogP contribution in [0.2, 0.25) is 0 Å². The topological polar surface area (TPSA) is 66.8 Å². The molecule has 0 radical (unpaired) electrons. The number of carboxylic acid groups (broad SMARTS) is 1. The predicted molar refractivity (Wildman–Crippen MR) is 94.6 cm³/mol. The fourth-order valence-electron chi connectivity index (χ4n) is 3.95. The lowest BCUT2D eigenvalue weighted by atomic mass is 10.1. The van der Waals surface area contributed by atoms with E-state index in [2.05, 4.69) is 0 Å². The molecule has 5 heteroatoms. The number of aryl methyl sites for hydroxylation is 1. The van der Waals surface area contributed by atoms with E-state index in [4.69, 9.17) is 9.84 Å². The Morgan fingerprint density at radius 3 is 2.72 bits per heavy atom. The van der Waals surface area contributed by atoms with Crippen molar-refractivity contribution in [2.24, 2.45) is 0 Å². The second kappa shape index (κ2) is 8.37. The average Bonchev–Trinajstić information content (AvgIpc) is 3.24. The summed E-state index contributed by atoms with van der Waals surface area (Å²) in [5, 5.41) is 8.98. The molecule has 1 saturated heterocycles. The summed E-state index contributed by atoms with van der Waals surface area (Å²) in [6.07, 6.45) is 7.90. The molecule has 5 nitrogen and oxygen atoms in total. The van der Waals surface area contributed by atoms with Crippen LogP contribution in [0.15, 0.2) is 24.3 Å². The third-order valence-electron chi connectivity index (χ3n) is 5.24. The van der Waals surface area contributed by atoms with E-state index in [9.17, 15) is 9.59 Å². The molecule has 1 aliphatic heterocycles. The molecule has 0 spiro atoms. The molecule has 2 fully saturated rings. The Morgan fingerprint density at radius 2 is 1.96 bits per heavy atom. The summed E-state index contributed by atoms with van der Waals surface area (Å²) in [5.74, 6) is 0.120. The summed E-state index contributed by atoms with van der Waals surface area (Å²) in [5.41, 5.74) is 1.10. The minimum absolute atomic E-state index is 0.0520. The van der Waals surface area contributed by atoms with Crippen molar-refractivity contribution in [2.45, 2.75) is 69.9 Å². The molecule has 3 rings (SSSR count). The van der Waals surface area contributed by atoms with Gasteiger partial charge in [-0.2, -0.15) is 0 Å². The molecule has 0 aromatic heterocycles. The van der Waals surface area contributed by atoms with Gasteiger partial charge in [0.1, 0.15) is 5.75 Å². The van der Waals surface area contributed by atoms with Crippen LogP contribution >= 0.6 is 0 Å². The van der Waals surface area contributed by atoms with Crippen molar-refractivity contribution in [3.05, 3.63) is 29.8 Å². The number of amides is 1. The monoisotopic (exact) mass is 345 g/mol. The van der Waals surface area contributed by atoms with E-state index in [1.54, 1.807) is 4.90 Å². The second-order valence-corrected chi connectivity index (χ2v) is 7.15. The molecule has 25 heavy (non-hydrogen) atoms. The Bertz CT molecular complexity index is 609. The van der Waals surface area contributed by atoms with Gasteiger partial charge in [0.25, 0.3) is 0 Å². The van der Waals surface area contributed by atoms with Gasteiger partial charge < -0.3 is 14.7 Å². The van der Waals surface area contributed by atoms with Crippen LogP contribution in [0.25, 0.3) is 0 Å². The van der Waals surface area contributed by atoms with Crippen LogP contribution in [0, 0.1) is 0 Å². The van der Waals surface area contributed by atoms with Gasteiger partial charge in [0.2, 0.25) is 5.91 Å². The van der Waals surface area contributed by atoms with Crippen molar-refractivity contribution < 1.29 is 19.4 Å². The number of benzene rings is 1. The van der Waals surface area contributed by atoms with Crippen LogP contribution in [0.1, 0.15) is 56.9 Å². The zero-order chi connectivity index (χ0) is 17.6. The summed E-state index contributed by atoms with van der Waals surface area (Å²) in [7, 11) is 0. The summed E-state index contributed by atoms with van der Waals surface area (Å²) in [4.78, 5) is 25.2. The van der Waals surface area contributed by atoms with Crippen molar-refractivity contribution in [2.75, 3.05) is 6.54 Å². The lowest BCUT2D eigenvalue weighted by Gasteiger charge is -2.23. The van der Waals surface area contributed by atoms with Crippen molar-refractivity contribution in [1.29, 1.82) is 0 Å². The van der Waals surface area contributed by atoms with Crippen molar-refractivity contribution in [3.8, 4) is 5.75 Å². The Hall–Kier alpha value is -2.04. The highest BCUT2D eigenvalue weighted by molar-refractivity contribution is 5.78. The molecule has 0 bridgehead atoms. The number of aliphatic carboxylic acids is 1. The molecule has 1 aliphatic carbocycles. The van der Waals surface area contributed by atoms with Crippen molar-refractivity contribution in [3.63, 3.8) is 0 Å². The van der Waals surface area contributed by atoms with E-state index >= 15 is 0 Å². The van der Waals surface area contributed by atoms with Crippen LogP contribution in [0.4, 0.5) is 0 Å². The van der Waals surface area contributed by atoms with E-state index in [0.717, 1.165) is 37.0 Å². The zero-order valence-corrected chi connectivity index (χ0v) is 14.7. The van der Waals surface area contributed by atoms with Gasteiger partial charge in [-0.25, -0.2) is 0 Å². The number of hydrogen-bond acceptors (Lipinski definition) is 3. The first kappa shape index (κ1) is 17.8. The van der Waals surface area contributed by atoms with Gasteiger partial charge >= 0.3 is 5.97 Å². The van der Waals surface area contributed by atoms with Crippen LogP contribution in [-0.2, 0) is 16.0 Å². The highest BCUT2D eigenvalue weighted by atomic mass is 16.5. The number of carbonyl (C=O) groups is 2.